The van der Waals surface area contributed by atoms with Crippen LogP contribution in [-0.4, -0.2) is 61.0 Å². The molecule has 1 aromatic heterocycles. The Morgan fingerprint density at radius 3 is 2.52 bits per heavy atom. The highest BCUT2D eigenvalue weighted by molar-refractivity contribution is 14.0. The quantitative estimate of drug-likeness (QED) is 0.320. The minimum absolute atomic E-state index is 0. The van der Waals surface area contributed by atoms with E-state index in [2.05, 4.69) is 42.5 Å². The van der Waals surface area contributed by atoms with Crippen LogP contribution in [0.4, 0.5) is 5.82 Å². The van der Waals surface area contributed by atoms with Crippen LogP contribution in [0.3, 0.4) is 0 Å². The van der Waals surface area contributed by atoms with E-state index in [1.807, 2.05) is 13.2 Å². The third kappa shape index (κ3) is 7.45. The van der Waals surface area contributed by atoms with Gasteiger partial charge in [0.2, 0.25) is 5.91 Å². The molecule has 3 heterocycles. The molecule has 3 fully saturated rings. The molecule has 8 heteroatoms. The van der Waals surface area contributed by atoms with Gasteiger partial charge in [-0.1, -0.05) is 32.1 Å². The van der Waals surface area contributed by atoms with Crippen molar-refractivity contribution < 1.29 is 4.79 Å². The summed E-state index contributed by atoms with van der Waals surface area (Å²) in [5.74, 6) is 2.51. The predicted octanol–water partition coefficient (Wildman–Crippen LogP) is 3.93. The zero-order chi connectivity index (χ0) is 22.2. The van der Waals surface area contributed by atoms with Gasteiger partial charge in [0.15, 0.2) is 5.96 Å². The summed E-state index contributed by atoms with van der Waals surface area (Å²) in [5, 5.41) is 6.98. The van der Waals surface area contributed by atoms with Gasteiger partial charge in [0.25, 0.3) is 0 Å². The first-order valence-electron chi connectivity index (χ1n) is 12.7. The molecule has 4 rings (SSSR count). The van der Waals surface area contributed by atoms with E-state index in [1.165, 1.54) is 50.5 Å². The summed E-state index contributed by atoms with van der Waals surface area (Å²) in [6.45, 7) is 4.55. The van der Waals surface area contributed by atoms with E-state index in [-0.39, 0.29) is 35.9 Å². The van der Waals surface area contributed by atoms with Crippen LogP contribution in [0.25, 0.3) is 0 Å². The first kappa shape index (κ1) is 26.0. The molecule has 7 nitrogen and oxygen atoms in total. The summed E-state index contributed by atoms with van der Waals surface area (Å²) in [6.07, 6.45) is 13.9. The lowest BCUT2D eigenvalue weighted by Crippen LogP contribution is -2.45. The van der Waals surface area contributed by atoms with Gasteiger partial charge in [-0.15, -0.1) is 24.0 Å². The molecule has 0 aromatic carbocycles. The minimum Gasteiger partial charge on any atom is -0.357 e. The number of aromatic nitrogens is 1. The van der Waals surface area contributed by atoms with Crippen LogP contribution in [0.5, 0.6) is 0 Å². The molecule has 3 aliphatic rings. The van der Waals surface area contributed by atoms with Crippen molar-refractivity contribution in [3.8, 4) is 0 Å². The predicted molar refractivity (Wildman–Crippen MR) is 145 cm³/mol. The summed E-state index contributed by atoms with van der Waals surface area (Å²) in [5.41, 5.74) is 1.21. The maximum Gasteiger partial charge on any atom is 0.225 e. The zero-order valence-electron chi connectivity index (χ0n) is 20.1. The van der Waals surface area contributed by atoms with Crippen LogP contribution in [0.2, 0.25) is 0 Å². The van der Waals surface area contributed by atoms with Gasteiger partial charge in [-0.25, -0.2) is 4.98 Å². The highest BCUT2D eigenvalue weighted by Crippen LogP contribution is 2.26. The number of hydrogen-bond donors (Lipinski definition) is 2. The number of likely N-dealkylation sites (tertiary alicyclic amines) is 1. The zero-order valence-corrected chi connectivity index (χ0v) is 22.4. The van der Waals surface area contributed by atoms with E-state index >= 15 is 0 Å². The second-order valence-electron chi connectivity index (χ2n) is 9.60. The largest absolute Gasteiger partial charge is 0.357 e. The number of pyridine rings is 1. The number of hydrogen-bond acceptors (Lipinski definition) is 4. The maximum absolute atomic E-state index is 12.8. The molecule has 0 spiro atoms. The molecule has 184 valence electrons. The standard InChI is InChI=1S/C25H40N6O.HI/c1-26-25(29-22-12-16-31(19-22)24(32)21-9-5-4-6-10-21)28-18-20-11-13-27-23(17-20)30-14-7-2-3-8-15-30;/h11,13,17,21-22H,2-10,12,14-16,18-19H2,1H3,(H2,26,28,29);1H. The van der Waals surface area contributed by atoms with Crippen molar-refractivity contribution in [3.63, 3.8) is 0 Å². The smallest absolute Gasteiger partial charge is 0.225 e. The molecule has 1 aromatic rings. The molecule has 1 unspecified atom stereocenters. The SMILES string of the molecule is CN=C(NCc1ccnc(N2CCCCCC2)c1)NC1CCN(C(=O)C2CCCCC2)C1.I. The molecular formula is C25H41IN6O. The Morgan fingerprint density at radius 1 is 1.06 bits per heavy atom. The van der Waals surface area contributed by atoms with Crippen molar-refractivity contribution in [2.45, 2.75) is 76.8 Å². The molecule has 1 saturated carbocycles. The van der Waals surface area contributed by atoms with Crippen molar-refractivity contribution in [2.24, 2.45) is 10.9 Å². The van der Waals surface area contributed by atoms with E-state index in [0.29, 0.717) is 12.5 Å². The monoisotopic (exact) mass is 568 g/mol. The molecule has 2 saturated heterocycles. The van der Waals surface area contributed by atoms with Crippen molar-refractivity contribution in [2.75, 3.05) is 38.1 Å². The lowest BCUT2D eigenvalue weighted by molar-refractivity contribution is -0.135. The normalized spacial score (nSPS) is 22.5. The van der Waals surface area contributed by atoms with Crippen LogP contribution in [0, 0.1) is 5.92 Å². The fraction of sp³-hybridized carbons (Fsp3) is 0.720. The number of nitrogens with zero attached hydrogens (tertiary/aromatic N) is 4. The van der Waals surface area contributed by atoms with Gasteiger partial charge >= 0.3 is 0 Å². The summed E-state index contributed by atoms with van der Waals surface area (Å²) in [6, 6.07) is 4.53. The summed E-state index contributed by atoms with van der Waals surface area (Å²) >= 11 is 0. The Morgan fingerprint density at radius 2 is 1.79 bits per heavy atom. The number of nitrogens with one attached hydrogen (secondary N) is 2. The topological polar surface area (TPSA) is 72.9 Å². The number of amides is 1. The highest BCUT2D eigenvalue weighted by Gasteiger charge is 2.31. The van der Waals surface area contributed by atoms with E-state index in [4.69, 9.17) is 0 Å². The van der Waals surface area contributed by atoms with Gasteiger partial charge in [0.1, 0.15) is 5.82 Å². The number of carbonyl (C=O) groups excluding carboxylic acids is 1. The second kappa shape index (κ2) is 13.3. The number of anilines is 1. The average molecular weight is 569 g/mol. The lowest BCUT2D eigenvalue weighted by atomic mass is 9.88. The van der Waals surface area contributed by atoms with Crippen LogP contribution in [0.15, 0.2) is 23.3 Å². The Hall–Kier alpha value is -1.58. The Labute approximate surface area is 216 Å². The minimum atomic E-state index is 0. The van der Waals surface area contributed by atoms with Crippen LogP contribution >= 0.6 is 24.0 Å². The Kier molecular flexibility index (Phi) is 10.5. The van der Waals surface area contributed by atoms with Crippen molar-refractivity contribution in [1.82, 2.24) is 20.5 Å². The second-order valence-corrected chi connectivity index (χ2v) is 9.60. The van der Waals surface area contributed by atoms with Crippen molar-refractivity contribution >= 4 is 41.7 Å². The summed E-state index contributed by atoms with van der Waals surface area (Å²) in [4.78, 5) is 26.4. The Bertz CT molecular complexity index is 774. The summed E-state index contributed by atoms with van der Waals surface area (Å²) in [7, 11) is 1.81. The molecule has 2 aliphatic heterocycles. The van der Waals surface area contributed by atoms with Gasteiger partial charge in [-0.2, -0.15) is 0 Å². The molecule has 1 aliphatic carbocycles. The molecule has 0 radical (unpaired) electrons. The first-order valence-corrected chi connectivity index (χ1v) is 12.7. The maximum atomic E-state index is 12.8. The fourth-order valence-electron chi connectivity index (χ4n) is 5.30. The van der Waals surface area contributed by atoms with E-state index < -0.39 is 0 Å². The molecular weight excluding hydrogens is 527 g/mol. The molecule has 2 N–H and O–H groups in total. The van der Waals surface area contributed by atoms with E-state index in [9.17, 15) is 4.79 Å². The van der Waals surface area contributed by atoms with E-state index in [1.54, 1.807) is 0 Å². The average Bonchev–Trinajstić information content (AvgIpc) is 3.13. The lowest BCUT2D eigenvalue weighted by Gasteiger charge is -2.26. The van der Waals surface area contributed by atoms with Gasteiger partial charge in [0, 0.05) is 57.9 Å². The molecule has 1 atom stereocenters. The number of aliphatic imine (C=N–C) groups is 1. The van der Waals surface area contributed by atoms with Gasteiger partial charge in [-0.05, 0) is 49.8 Å². The van der Waals surface area contributed by atoms with Crippen molar-refractivity contribution in [3.05, 3.63) is 23.9 Å². The van der Waals surface area contributed by atoms with E-state index in [0.717, 1.165) is 57.2 Å². The number of carbonyl (C=O) groups is 1. The number of rotatable bonds is 5. The molecule has 1 amide bonds. The third-order valence-corrected chi connectivity index (χ3v) is 7.22. The number of halogens is 1. The Balaban J connectivity index is 0.00000306. The van der Waals surface area contributed by atoms with Gasteiger partial charge in [-0.3, -0.25) is 9.79 Å². The summed E-state index contributed by atoms with van der Waals surface area (Å²) < 4.78 is 0. The van der Waals surface area contributed by atoms with Crippen LogP contribution in [-0.2, 0) is 11.3 Å². The molecule has 33 heavy (non-hydrogen) atoms. The van der Waals surface area contributed by atoms with Crippen LogP contribution in [0.1, 0.15) is 69.8 Å². The first-order chi connectivity index (χ1) is 15.7. The van der Waals surface area contributed by atoms with Crippen LogP contribution < -0.4 is 15.5 Å². The third-order valence-electron chi connectivity index (χ3n) is 7.22. The molecule has 0 bridgehead atoms. The van der Waals surface area contributed by atoms with Gasteiger partial charge in [0.05, 0.1) is 0 Å². The van der Waals surface area contributed by atoms with Crippen molar-refractivity contribution in [1.29, 1.82) is 0 Å². The van der Waals surface area contributed by atoms with Gasteiger partial charge < -0.3 is 20.4 Å². The number of guanidine groups is 1. The fourth-order valence-corrected chi connectivity index (χ4v) is 5.30. The highest BCUT2D eigenvalue weighted by atomic mass is 127.